The van der Waals surface area contributed by atoms with E-state index >= 15 is 0 Å². The van der Waals surface area contributed by atoms with Gasteiger partial charge < -0.3 is 10.00 Å². The van der Waals surface area contributed by atoms with Crippen molar-refractivity contribution in [2.24, 2.45) is 0 Å². The summed E-state index contributed by atoms with van der Waals surface area (Å²) in [6.45, 7) is 5.40. The van der Waals surface area contributed by atoms with Crippen molar-refractivity contribution in [3.8, 4) is 0 Å². The zero-order valence-corrected chi connectivity index (χ0v) is 23.2. The number of aliphatic carboxylic acids is 1. The Kier molecular flexibility index (Phi) is 16.5. The van der Waals surface area contributed by atoms with Gasteiger partial charge in [-0.15, -0.1) is 0 Å². The van der Waals surface area contributed by atoms with E-state index in [1.54, 1.807) is 24.3 Å². The van der Waals surface area contributed by atoms with Crippen molar-refractivity contribution in [1.82, 2.24) is 5.32 Å². The van der Waals surface area contributed by atoms with E-state index < -0.39 is 24.9 Å². The van der Waals surface area contributed by atoms with Crippen molar-refractivity contribution >= 4 is 13.6 Å². The number of carboxylic acids is 1. The van der Waals surface area contributed by atoms with E-state index in [-0.39, 0.29) is 0 Å². The van der Waals surface area contributed by atoms with Crippen LogP contribution in [0.2, 0.25) is 0 Å². The first-order valence-corrected chi connectivity index (χ1v) is 15.4. The maximum Gasteiger partial charge on any atom is 0.350 e. The van der Waals surface area contributed by atoms with Crippen molar-refractivity contribution in [3.63, 3.8) is 0 Å². The molecule has 2 unspecified atom stereocenters. The van der Waals surface area contributed by atoms with E-state index in [2.05, 4.69) is 12.2 Å². The van der Waals surface area contributed by atoms with Crippen LogP contribution in [0.25, 0.3) is 0 Å². The predicted octanol–water partition coefficient (Wildman–Crippen LogP) is 8.21. The molecule has 0 aromatic heterocycles. The molecule has 0 radical (unpaired) electrons. The SMILES string of the molecule is CCCCCCCCCCCCCCCCCNC(c1ccccc1)P(=O)(O)OC(C)(C)C(=O)O. The van der Waals surface area contributed by atoms with Gasteiger partial charge in [-0.25, -0.2) is 4.79 Å². The minimum Gasteiger partial charge on any atom is -0.479 e. The summed E-state index contributed by atoms with van der Waals surface area (Å²) in [6, 6.07) is 8.92. The van der Waals surface area contributed by atoms with Crippen LogP contribution in [0.1, 0.15) is 128 Å². The molecule has 6 nitrogen and oxygen atoms in total. The van der Waals surface area contributed by atoms with Crippen molar-refractivity contribution in [1.29, 1.82) is 0 Å². The van der Waals surface area contributed by atoms with Gasteiger partial charge in [0.05, 0.1) is 0 Å². The summed E-state index contributed by atoms with van der Waals surface area (Å²) in [5.74, 6) is -2.24. The minimum absolute atomic E-state index is 0.569. The van der Waals surface area contributed by atoms with E-state index in [1.807, 2.05) is 6.07 Å². The average Bonchev–Trinajstić information content (AvgIpc) is 2.80. The Labute approximate surface area is 213 Å². The third-order valence-corrected chi connectivity index (χ3v) is 8.28. The second-order valence-corrected chi connectivity index (χ2v) is 12.0. The lowest BCUT2D eigenvalue weighted by atomic mass is 10.0. The summed E-state index contributed by atoms with van der Waals surface area (Å²) in [5, 5.41) is 12.5. The number of rotatable bonds is 22. The smallest absolute Gasteiger partial charge is 0.350 e. The molecule has 0 saturated carbocycles. The van der Waals surface area contributed by atoms with E-state index in [9.17, 15) is 19.4 Å². The van der Waals surface area contributed by atoms with E-state index in [0.717, 1.165) is 19.3 Å². The molecule has 1 rings (SSSR count). The van der Waals surface area contributed by atoms with Crippen LogP contribution < -0.4 is 5.32 Å². The van der Waals surface area contributed by atoms with Crippen LogP contribution in [0.15, 0.2) is 30.3 Å². The Balaban J connectivity index is 2.25. The highest BCUT2D eigenvalue weighted by atomic mass is 31.2. The molecule has 35 heavy (non-hydrogen) atoms. The summed E-state index contributed by atoms with van der Waals surface area (Å²) in [4.78, 5) is 22.0. The van der Waals surface area contributed by atoms with Crippen LogP contribution in [-0.4, -0.2) is 28.1 Å². The molecule has 2 atom stereocenters. The van der Waals surface area contributed by atoms with E-state index in [4.69, 9.17) is 4.52 Å². The first-order chi connectivity index (χ1) is 16.7. The highest BCUT2D eigenvalue weighted by Gasteiger charge is 2.42. The van der Waals surface area contributed by atoms with Crippen molar-refractivity contribution in [3.05, 3.63) is 35.9 Å². The predicted molar refractivity (Wildman–Crippen MR) is 145 cm³/mol. The summed E-state index contributed by atoms with van der Waals surface area (Å²) >= 11 is 0. The zero-order chi connectivity index (χ0) is 26.0. The lowest BCUT2D eigenvalue weighted by Crippen LogP contribution is -2.35. The zero-order valence-electron chi connectivity index (χ0n) is 22.3. The standard InChI is InChI=1S/C28H50NO5P/c1-4-5-6-7-8-9-10-11-12-13-14-15-16-17-21-24-29-26(25-22-19-18-20-23-25)35(32,33)34-28(2,3)27(30)31/h18-20,22-23,26,29H,4-17,21,24H2,1-3H3,(H,30,31)(H,32,33). The number of hydrogen-bond donors (Lipinski definition) is 3. The highest BCUT2D eigenvalue weighted by molar-refractivity contribution is 7.53. The third-order valence-electron chi connectivity index (χ3n) is 6.43. The Hall–Kier alpha value is -1.20. The van der Waals surface area contributed by atoms with Crippen LogP contribution in [-0.2, 0) is 13.9 Å². The minimum atomic E-state index is -4.28. The largest absolute Gasteiger partial charge is 0.479 e. The first kappa shape index (κ1) is 31.8. The maximum atomic E-state index is 13.0. The van der Waals surface area contributed by atoms with Gasteiger partial charge in [-0.2, -0.15) is 0 Å². The molecular formula is C28H50NO5P. The molecule has 1 aromatic carbocycles. The van der Waals surface area contributed by atoms with Crippen LogP contribution >= 0.6 is 7.60 Å². The van der Waals surface area contributed by atoms with Gasteiger partial charge in [-0.1, -0.05) is 127 Å². The second-order valence-electron chi connectivity index (χ2n) is 10.2. The van der Waals surface area contributed by atoms with Gasteiger partial charge in [0.1, 0.15) is 5.78 Å². The molecule has 0 amide bonds. The van der Waals surface area contributed by atoms with Gasteiger partial charge in [-0.05, 0) is 32.4 Å². The molecular weight excluding hydrogens is 461 g/mol. The van der Waals surface area contributed by atoms with Gasteiger partial charge in [0, 0.05) is 0 Å². The van der Waals surface area contributed by atoms with Crippen molar-refractivity contribution in [2.75, 3.05) is 6.54 Å². The van der Waals surface area contributed by atoms with Crippen LogP contribution in [0.5, 0.6) is 0 Å². The van der Waals surface area contributed by atoms with Gasteiger partial charge in [0.2, 0.25) is 0 Å². The fourth-order valence-electron chi connectivity index (χ4n) is 4.21. The molecule has 7 heteroatoms. The molecule has 1 aromatic rings. The number of nitrogens with one attached hydrogen (secondary N) is 1. The number of carbonyl (C=O) groups is 1. The monoisotopic (exact) mass is 511 g/mol. The summed E-state index contributed by atoms with van der Waals surface area (Å²) in [5.41, 5.74) is -1.14. The van der Waals surface area contributed by atoms with E-state index in [1.165, 1.54) is 90.9 Å². The number of hydrogen-bond acceptors (Lipinski definition) is 4. The maximum absolute atomic E-state index is 13.0. The lowest BCUT2D eigenvalue weighted by molar-refractivity contribution is -0.152. The van der Waals surface area contributed by atoms with Gasteiger partial charge in [0.15, 0.2) is 5.60 Å². The Morgan fingerprint density at radius 1 is 0.857 bits per heavy atom. The Morgan fingerprint density at radius 3 is 1.71 bits per heavy atom. The molecule has 0 saturated heterocycles. The fraction of sp³-hybridized carbons (Fsp3) is 0.750. The van der Waals surface area contributed by atoms with Crippen molar-refractivity contribution < 1.29 is 23.9 Å². The summed E-state index contributed by atoms with van der Waals surface area (Å²) in [7, 11) is -4.28. The molecule has 3 N–H and O–H groups in total. The Morgan fingerprint density at radius 2 is 1.29 bits per heavy atom. The number of benzene rings is 1. The fourth-order valence-corrected chi connectivity index (χ4v) is 5.96. The topological polar surface area (TPSA) is 95.9 Å². The molecule has 0 fully saturated rings. The molecule has 0 aliphatic heterocycles. The summed E-state index contributed by atoms with van der Waals surface area (Å²) < 4.78 is 18.3. The quantitative estimate of drug-likeness (QED) is 0.107. The van der Waals surface area contributed by atoms with E-state index in [0.29, 0.717) is 12.1 Å². The second kappa shape index (κ2) is 18.1. The number of carboxylic acid groups (broad SMARTS) is 1. The van der Waals surface area contributed by atoms with Gasteiger partial charge >= 0.3 is 13.6 Å². The number of unbranched alkanes of at least 4 members (excludes halogenated alkanes) is 14. The molecule has 0 heterocycles. The molecule has 0 bridgehead atoms. The van der Waals surface area contributed by atoms with Crippen LogP contribution in [0, 0.1) is 0 Å². The first-order valence-electron chi connectivity index (χ1n) is 13.8. The van der Waals surface area contributed by atoms with Crippen LogP contribution in [0.4, 0.5) is 0 Å². The van der Waals surface area contributed by atoms with Gasteiger partial charge in [0.25, 0.3) is 0 Å². The lowest BCUT2D eigenvalue weighted by Gasteiger charge is -2.29. The molecule has 0 spiro atoms. The Bertz CT molecular complexity index is 725. The van der Waals surface area contributed by atoms with Gasteiger partial charge in [-0.3, -0.25) is 14.4 Å². The molecule has 0 aliphatic carbocycles. The normalized spacial score (nSPS) is 14.5. The molecule has 202 valence electrons. The average molecular weight is 512 g/mol. The third kappa shape index (κ3) is 14.2. The van der Waals surface area contributed by atoms with Crippen LogP contribution in [0.3, 0.4) is 0 Å². The van der Waals surface area contributed by atoms with Crippen molar-refractivity contribution in [2.45, 2.75) is 128 Å². The molecule has 0 aliphatic rings. The highest BCUT2D eigenvalue weighted by Crippen LogP contribution is 2.57. The summed E-state index contributed by atoms with van der Waals surface area (Å²) in [6.07, 6.45) is 19.3.